The number of methoxy groups -OCH3 is 1. The Morgan fingerprint density at radius 1 is 1.47 bits per heavy atom. The molecule has 0 aliphatic heterocycles. The largest absolute Gasteiger partial charge is 0.391 e. The van der Waals surface area contributed by atoms with Gasteiger partial charge in [0, 0.05) is 20.1 Å². The number of likely N-dealkylation sites (N-methyl/N-ethyl adjacent to an activating group) is 1. The number of hydrogen-bond acceptors (Lipinski definition) is 5. The Morgan fingerprint density at radius 3 is 2.73 bits per heavy atom. The van der Waals surface area contributed by atoms with Crippen LogP contribution in [0.5, 0.6) is 0 Å². The van der Waals surface area contributed by atoms with Gasteiger partial charge in [-0.15, -0.1) is 11.3 Å². The lowest BCUT2D eigenvalue weighted by Gasteiger charge is -2.06. The maximum absolute atomic E-state index is 9.14. The second-order valence-electron chi connectivity index (χ2n) is 3.62. The number of rotatable bonds is 6. The molecule has 0 saturated carbocycles. The third kappa shape index (κ3) is 3.87. The average Bonchev–Trinajstić information content (AvgIpc) is 2.58. The van der Waals surface area contributed by atoms with E-state index in [1.807, 2.05) is 14.1 Å². The lowest BCUT2D eigenvalue weighted by atomic mass is 10.4. The zero-order valence-corrected chi connectivity index (χ0v) is 10.3. The summed E-state index contributed by atoms with van der Waals surface area (Å²) in [4.78, 5) is 7.49. The van der Waals surface area contributed by atoms with Crippen LogP contribution in [0.1, 0.15) is 15.6 Å². The number of hydrogen-bond donors (Lipinski definition) is 1. The van der Waals surface area contributed by atoms with Gasteiger partial charge in [0.05, 0.1) is 28.8 Å². The van der Waals surface area contributed by atoms with Gasteiger partial charge in [-0.1, -0.05) is 0 Å². The Balaban J connectivity index is 2.65. The van der Waals surface area contributed by atoms with E-state index in [4.69, 9.17) is 9.84 Å². The molecule has 1 heterocycles. The van der Waals surface area contributed by atoms with E-state index in [1.165, 1.54) is 0 Å². The lowest BCUT2D eigenvalue weighted by molar-refractivity contribution is 0.178. The highest BCUT2D eigenvalue weighted by atomic mass is 32.1. The van der Waals surface area contributed by atoms with Crippen molar-refractivity contribution in [2.45, 2.75) is 19.6 Å². The molecule has 1 rings (SSSR count). The summed E-state index contributed by atoms with van der Waals surface area (Å²) in [5, 5.41) is 10.2. The molecule has 4 nitrogen and oxygen atoms in total. The molecule has 0 saturated heterocycles. The van der Waals surface area contributed by atoms with Crippen molar-refractivity contribution in [3.63, 3.8) is 0 Å². The predicted molar refractivity (Wildman–Crippen MR) is 61.0 cm³/mol. The zero-order valence-electron chi connectivity index (χ0n) is 9.49. The maximum Gasteiger partial charge on any atom is 0.0945 e. The fraction of sp³-hybridized carbons (Fsp3) is 0.700. The molecule has 0 amide bonds. The smallest absolute Gasteiger partial charge is 0.0945 e. The van der Waals surface area contributed by atoms with Gasteiger partial charge < -0.3 is 14.7 Å². The minimum atomic E-state index is 0.0539. The third-order valence-electron chi connectivity index (χ3n) is 2.02. The summed E-state index contributed by atoms with van der Waals surface area (Å²) in [6, 6.07) is 0. The van der Waals surface area contributed by atoms with E-state index in [0.29, 0.717) is 6.61 Å². The summed E-state index contributed by atoms with van der Waals surface area (Å²) in [5.41, 5.74) is 0.874. The first kappa shape index (κ1) is 12.6. The van der Waals surface area contributed by atoms with Crippen molar-refractivity contribution < 1.29 is 9.84 Å². The highest BCUT2D eigenvalue weighted by Gasteiger charge is 2.10. The van der Waals surface area contributed by atoms with Crippen LogP contribution in [0.4, 0.5) is 0 Å². The molecule has 0 aliphatic carbocycles. The van der Waals surface area contributed by atoms with E-state index < -0.39 is 0 Å². The van der Waals surface area contributed by atoms with Crippen LogP contribution in [-0.2, 0) is 24.4 Å². The second-order valence-corrected chi connectivity index (χ2v) is 4.79. The first-order valence-corrected chi connectivity index (χ1v) is 5.71. The van der Waals surface area contributed by atoms with Crippen LogP contribution in [0.15, 0.2) is 0 Å². The second kappa shape index (κ2) is 6.17. The Morgan fingerprint density at radius 2 is 2.20 bits per heavy atom. The van der Waals surface area contributed by atoms with E-state index >= 15 is 0 Å². The van der Waals surface area contributed by atoms with Gasteiger partial charge in [0.1, 0.15) is 0 Å². The van der Waals surface area contributed by atoms with Crippen molar-refractivity contribution in [2.75, 3.05) is 27.7 Å². The maximum atomic E-state index is 9.14. The van der Waals surface area contributed by atoms with E-state index in [-0.39, 0.29) is 6.61 Å². The molecule has 0 spiro atoms. The molecule has 1 aromatic heterocycles. The van der Waals surface area contributed by atoms with Crippen molar-refractivity contribution in [1.82, 2.24) is 9.88 Å². The molecule has 15 heavy (non-hydrogen) atoms. The molecule has 0 unspecified atom stereocenters. The number of ether oxygens (including phenoxy) is 1. The Hall–Kier alpha value is -0.490. The number of aromatic nitrogens is 1. The summed E-state index contributed by atoms with van der Waals surface area (Å²) >= 11 is 1.57. The monoisotopic (exact) mass is 230 g/mol. The summed E-state index contributed by atoms with van der Waals surface area (Å²) in [5.74, 6) is 0. The molecule has 0 aliphatic rings. The predicted octanol–water partition coefficient (Wildman–Crippen LogP) is 0.886. The third-order valence-corrected chi connectivity index (χ3v) is 3.16. The summed E-state index contributed by atoms with van der Waals surface area (Å²) < 4.78 is 5.03. The quantitative estimate of drug-likeness (QED) is 0.788. The van der Waals surface area contributed by atoms with Crippen molar-refractivity contribution >= 4 is 11.3 Å². The summed E-state index contributed by atoms with van der Waals surface area (Å²) in [6.45, 7) is 1.51. The number of aliphatic hydroxyl groups is 1. The molecular weight excluding hydrogens is 212 g/mol. The van der Waals surface area contributed by atoms with Gasteiger partial charge in [-0.25, -0.2) is 4.98 Å². The summed E-state index contributed by atoms with van der Waals surface area (Å²) in [6.07, 6.45) is 0.925. The van der Waals surface area contributed by atoms with Crippen molar-refractivity contribution in [3.05, 3.63) is 15.6 Å². The lowest BCUT2D eigenvalue weighted by Crippen LogP contribution is -2.14. The highest BCUT2D eigenvalue weighted by Crippen LogP contribution is 2.19. The van der Waals surface area contributed by atoms with Crippen LogP contribution in [0.3, 0.4) is 0 Å². The van der Waals surface area contributed by atoms with Gasteiger partial charge in [0.25, 0.3) is 0 Å². The first-order chi connectivity index (χ1) is 7.17. The SMILES string of the molecule is COCc1nc(CCN(C)C)sc1CO. The average molecular weight is 230 g/mol. The van der Waals surface area contributed by atoms with E-state index in [2.05, 4.69) is 9.88 Å². The zero-order chi connectivity index (χ0) is 11.3. The molecular formula is C10H18N2O2S. The topological polar surface area (TPSA) is 45.6 Å². The van der Waals surface area contributed by atoms with Crippen molar-refractivity contribution in [2.24, 2.45) is 0 Å². The number of nitrogens with zero attached hydrogens (tertiary/aromatic N) is 2. The van der Waals surface area contributed by atoms with Crippen LogP contribution in [-0.4, -0.2) is 42.7 Å². The van der Waals surface area contributed by atoms with Gasteiger partial charge in [-0.05, 0) is 14.1 Å². The van der Waals surface area contributed by atoms with Crippen LogP contribution < -0.4 is 0 Å². The van der Waals surface area contributed by atoms with Crippen molar-refractivity contribution in [3.8, 4) is 0 Å². The molecule has 0 fully saturated rings. The standard InChI is InChI=1S/C10H18N2O2S/c1-12(2)5-4-10-11-8(7-14-3)9(6-13)15-10/h13H,4-7H2,1-3H3. The molecule has 86 valence electrons. The molecule has 0 bridgehead atoms. The van der Waals surface area contributed by atoms with Crippen molar-refractivity contribution in [1.29, 1.82) is 0 Å². The number of thiazole rings is 1. The van der Waals surface area contributed by atoms with E-state index in [0.717, 1.165) is 28.5 Å². The van der Waals surface area contributed by atoms with Crippen LogP contribution in [0, 0.1) is 0 Å². The number of aliphatic hydroxyl groups excluding tert-OH is 1. The summed E-state index contributed by atoms with van der Waals surface area (Å²) in [7, 11) is 5.72. The minimum Gasteiger partial charge on any atom is -0.391 e. The molecule has 1 aromatic rings. The highest BCUT2D eigenvalue weighted by molar-refractivity contribution is 7.11. The molecule has 0 atom stereocenters. The minimum absolute atomic E-state index is 0.0539. The molecule has 1 N–H and O–H groups in total. The van der Waals surface area contributed by atoms with Crippen LogP contribution in [0.25, 0.3) is 0 Å². The van der Waals surface area contributed by atoms with E-state index in [1.54, 1.807) is 18.4 Å². The van der Waals surface area contributed by atoms with Gasteiger partial charge in [0.15, 0.2) is 0 Å². The molecule has 0 aromatic carbocycles. The van der Waals surface area contributed by atoms with Gasteiger partial charge >= 0.3 is 0 Å². The fourth-order valence-corrected chi connectivity index (χ4v) is 2.16. The Kier molecular flexibility index (Phi) is 5.17. The fourth-order valence-electron chi connectivity index (χ4n) is 1.24. The van der Waals surface area contributed by atoms with Crippen LogP contribution >= 0.6 is 11.3 Å². The molecule has 5 heteroatoms. The molecule has 0 radical (unpaired) electrons. The normalized spacial score (nSPS) is 11.3. The Bertz CT molecular complexity index is 300. The Labute approximate surface area is 94.5 Å². The van der Waals surface area contributed by atoms with Gasteiger partial charge in [-0.2, -0.15) is 0 Å². The van der Waals surface area contributed by atoms with Crippen LogP contribution in [0.2, 0.25) is 0 Å². The van der Waals surface area contributed by atoms with Gasteiger partial charge in [-0.3, -0.25) is 0 Å². The van der Waals surface area contributed by atoms with Gasteiger partial charge in [0.2, 0.25) is 0 Å². The first-order valence-electron chi connectivity index (χ1n) is 4.89. The van der Waals surface area contributed by atoms with E-state index in [9.17, 15) is 0 Å².